The van der Waals surface area contributed by atoms with Crippen LogP contribution in [0, 0.1) is 5.82 Å². The van der Waals surface area contributed by atoms with Gasteiger partial charge in [0.05, 0.1) is 11.8 Å². The molecule has 0 aliphatic carbocycles. The van der Waals surface area contributed by atoms with Crippen molar-refractivity contribution in [3.05, 3.63) is 83.0 Å². The molecule has 3 rings (SSSR count). The monoisotopic (exact) mass is 358 g/mol. The highest BCUT2D eigenvalue weighted by atomic mass is 35.5. The molecule has 126 valence electrons. The van der Waals surface area contributed by atoms with E-state index in [0.717, 1.165) is 6.07 Å². The molecule has 0 saturated heterocycles. The van der Waals surface area contributed by atoms with Gasteiger partial charge in [0, 0.05) is 16.4 Å². The minimum Gasteiger partial charge on any atom is -0.459 e. The lowest BCUT2D eigenvalue weighted by Gasteiger charge is -2.08. The summed E-state index contributed by atoms with van der Waals surface area (Å²) in [5.41, 5.74) is 0.868. The molecule has 2 aromatic carbocycles. The second-order valence-corrected chi connectivity index (χ2v) is 5.52. The average molecular weight is 359 g/mol. The Hall–Kier alpha value is -3.12. The third kappa shape index (κ3) is 4.05. The third-order valence-electron chi connectivity index (χ3n) is 3.32. The largest absolute Gasteiger partial charge is 0.459 e. The van der Waals surface area contributed by atoms with Crippen LogP contribution in [-0.2, 0) is 0 Å². The topological polar surface area (TPSA) is 71.3 Å². The van der Waals surface area contributed by atoms with E-state index in [-0.39, 0.29) is 22.3 Å². The molecule has 25 heavy (non-hydrogen) atoms. The Kier molecular flexibility index (Phi) is 4.81. The van der Waals surface area contributed by atoms with Crippen molar-refractivity contribution < 1.29 is 18.4 Å². The van der Waals surface area contributed by atoms with Crippen LogP contribution in [0.4, 0.5) is 15.8 Å². The van der Waals surface area contributed by atoms with Gasteiger partial charge in [-0.2, -0.15) is 0 Å². The lowest BCUT2D eigenvalue weighted by Crippen LogP contribution is -2.14. The van der Waals surface area contributed by atoms with Crippen LogP contribution in [0.1, 0.15) is 20.9 Å². The summed E-state index contributed by atoms with van der Waals surface area (Å²) in [7, 11) is 0. The van der Waals surface area contributed by atoms with E-state index in [4.69, 9.17) is 16.0 Å². The van der Waals surface area contributed by atoms with Gasteiger partial charge >= 0.3 is 0 Å². The van der Waals surface area contributed by atoms with Gasteiger partial charge in [0.25, 0.3) is 11.8 Å². The summed E-state index contributed by atoms with van der Waals surface area (Å²) in [6.07, 6.45) is 1.41. The van der Waals surface area contributed by atoms with E-state index in [1.165, 1.54) is 18.4 Å². The maximum absolute atomic E-state index is 13.7. The van der Waals surface area contributed by atoms with Crippen LogP contribution in [0.5, 0.6) is 0 Å². The summed E-state index contributed by atoms with van der Waals surface area (Å²) in [5.74, 6) is -1.49. The van der Waals surface area contributed by atoms with E-state index in [1.54, 1.807) is 36.4 Å². The molecule has 0 atom stereocenters. The summed E-state index contributed by atoms with van der Waals surface area (Å²) in [6, 6.07) is 13.4. The molecule has 2 N–H and O–H groups in total. The molecule has 3 aromatic rings. The van der Waals surface area contributed by atoms with Crippen molar-refractivity contribution in [2.24, 2.45) is 0 Å². The third-order valence-corrected chi connectivity index (χ3v) is 3.56. The Morgan fingerprint density at radius 3 is 2.12 bits per heavy atom. The molecular formula is C18H12ClFN2O3. The van der Waals surface area contributed by atoms with E-state index < -0.39 is 11.7 Å². The molecule has 1 aromatic heterocycles. The average Bonchev–Trinajstić information content (AvgIpc) is 3.11. The fraction of sp³-hybridized carbons (Fsp3) is 0. The fourth-order valence-electron chi connectivity index (χ4n) is 2.11. The molecular weight excluding hydrogens is 347 g/mol. The normalized spacial score (nSPS) is 10.3. The van der Waals surface area contributed by atoms with E-state index in [9.17, 15) is 14.0 Å². The molecule has 2 amide bonds. The summed E-state index contributed by atoms with van der Waals surface area (Å²) in [4.78, 5) is 23.9. The summed E-state index contributed by atoms with van der Waals surface area (Å²) in [5, 5.41) is 5.44. The standard InChI is InChI=1S/C18H12ClFN2O3/c19-11-3-8-14(15(20)10-11)17(23)21-12-4-6-13(7-5-12)22-18(24)16-2-1-9-25-16/h1-10H,(H,21,23)(H,22,24). The molecule has 0 fully saturated rings. The lowest BCUT2D eigenvalue weighted by molar-refractivity contribution is 0.0994. The van der Waals surface area contributed by atoms with Crippen molar-refractivity contribution in [2.75, 3.05) is 10.6 Å². The number of amides is 2. The first-order valence-corrected chi connectivity index (χ1v) is 7.62. The molecule has 0 radical (unpaired) electrons. The van der Waals surface area contributed by atoms with Crippen LogP contribution in [0.25, 0.3) is 0 Å². The van der Waals surface area contributed by atoms with E-state index in [0.29, 0.717) is 11.4 Å². The van der Waals surface area contributed by atoms with Gasteiger partial charge in [-0.1, -0.05) is 11.6 Å². The van der Waals surface area contributed by atoms with E-state index >= 15 is 0 Å². The molecule has 0 aliphatic heterocycles. The molecule has 0 aliphatic rings. The Morgan fingerprint density at radius 2 is 1.56 bits per heavy atom. The van der Waals surface area contributed by atoms with Crippen molar-refractivity contribution in [2.45, 2.75) is 0 Å². The number of furan rings is 1. The van der Waals surface area contributed by atoms with E-state index in [2.05, 4.69) is 10.6 Å². The zero-order chi connectivity index (χ0) is 17.8. The zero-order valence-electron chi connectivity index (χ0n) is 12.8. The maximum Gasteiger partial charge on any atom is 0.291 e. The summed E-state index contributed by atoms with van der Waals surface area (Å²) < 4.78 is 18.7. The lowest BCUT2D eigenvalue weighted by atomic mass is 10.2. The highest BCUT2D eigenvalue weighted by molar-refractivity contribution is 6.30. The molecule has 0 unspecified atom stereocenters. The van der Waals surface area contributed by atoms with Crippen LogP contribution >= 0.6 is 11.6 Å². The molecule has 1 heterocycles. The van der Waals surface area contributed by atoms with Crippen molar-refractivity contribution in [1.29, 1.82) is 0 Å². The second-order valence-electron chi connectivity index (χ2n) is 5.09. The van der Waals surface area contributed by atoms with Crippen LogP contribution < -0.4 is 10.6 Å². The van der Waals surface area contributed by atoms with Crippen LogP contribution in [0.2, 0.25) is 5.02 Å². The fourth-order valence-corrected chi connectivity index (χ4v) is 2.27. The SMILES string of the molecule is O=C(Nc1ccc(NC(=O)c2ccc(Cl)cc2F)cc1)c1ccco1. The molecule has 7 heteroatoms. The van der Waals surface area contributed by atoms with Gasteiger partial charge in [-0.3, -0.25) is 9.59 Å². The van der Waals surface area contributed by atoms with Gasteiger partial charge in [-0.15, -0.1) is 0 Å². The first-order valence-electron chi connectivity index (χ1n) is 7.24. The summed E-state index contributed by atoms with van der Waals surface area (Å²) >= 11 is 5.66. The number of carbonyl (C=O) groups excluding carboxylic acids is 2. The number of anilines is 2. The molecule has 0 bridgehead atoms. The number of hydrogen-bond acceptors (Lipinski definition) is 3. The first kappa shape index (κ1) is 16.7. The molecule has 0 spiro atoms. The van der Waals surface area contributed by atoms with Crippen molar-refractivity contribution in [1.82, 2.24) is 0 Å². The van der Waals surface area contributed by atoms with Crippen LogP contribution in [-0.4, -0.2) is 11.8 Å². The van der Waals surface area contributed by atoms with Gasteiger partial charge in [-0.05, 0) is 54.6 Å². The Balaban J connectivity index is 1.66. The van der Waals surface area contributed by atoms with Gasteiger partial charge < -0.3 is 15.1 Å². The molecule has 5 nitrogen and oxygen atoms in total. The number of rotatable bonds is 4. The number of halogens is 2. The van der Waals surface area contributed by atoms with Gasteiger partial charge in [0.2, 0.25) is 0 Å². The van der Waals surface area contributed by atoms with Gasteiger partial charge in [0.1, 0.15) is 5.82 Å². The number of carbonyl (C=O) groups is 2. The highest BCUT2D eigenvalue weighted by Crippen LogP contribution is 2.18. The highest BCUT2D eigenvalue weighted by Gasteiger charge is 2.13. The smallest absolute Gasteiger partial charge is 0.291 e. The summed E-state index contributed by atoms with van der Waals surface area (Å²) in [6.45, 7) is 0. The van der Waals surface area contributed by atoms with E-state index in [1.807, 2.05) is 0 Å². The van der Waals surface area contributed by atoms with Crippen molar-refractivity contribution >= 4 is 34.8 Å². The zero-order valence-corrected chi connectivity index (χ0v) is 13.5. The minimum atomic E-state index is -0.702. The van der Waals surface area contributed by atoms with Crippen molar-refractivity contribution in [3.63, 3.8) is 0 Å². The van der Waals surface area contributed by atoms with Gasteiger partial charge in [0.15, 0.2) is 5.76 Å². The van der Waals surface area contributed by atoms with Gasteiger partial charge in [-0.25, -0.2) is 4.39 Å². The van der Waals surface area contributed by atoms with Crippen molar-refractivity contribution in [3.8, 4) is 0 Å². The Morgan fingerprint density at radius 1 is 0.920 bits per heavy atom. The van der Waals surface area contributed by atoms with Crippen LogP contribution in [0.15, 0.2) is 65.3 Å². The quantitative estimate of drug-likeness (QED) is 0.717. The number of nitrogens with one attached hydrogen (secondary N) is 2. The maximum atomic E-state index is 13.7. The Bertz CT molecular complexity index is 909. The Labute approximate surface area is 147 Å². The predicted molar refractivity (Wildman–Crippen MR) is 92.5 cm³/mol. The second kappa shape index (κ2) is 7.19. The predicted octanol–water partition coefficient (Wildman–Crippen LogP) is 4.58. The molecule has 0 saturated carbocycles. The minimum absolute atomic E-state index is 0.111. The first-order chi connectivity index (χ1) is 12.0. The number of benzene rings is 2. The van der Waals surface area contributed by atoms with Crippen LogP contribution in [0.3, 0.4) is 0 Å². The number of hydrogen-bond donors (Lipinski definition) is 2.